The van der Waals surface area contributed by atoms with Crippen molar-refractivity contribution in [3.63, 3.8) is 0 Å². The molecule has 0 radical (unpaired) electrons. The summed E-state index contributed by atoms with van der Waals surface area (Å²) in [5, 5.41) is 0. The fourth-order valence-corrected chi connectivity index (χ4v) is 1.76. The molecule has 0 N–H and O–H groups in total. The third-order valence-corrected chi connectivity index (χ3v) is 2.54. The zero-order valence-electron chi connectivity index (χ0n) is 5.33. The van der Waals surface area contributed by atoms with E-state index in [9.17, 15) is 0 Å². The molecule has 0 amide bonds. The first-order chi connectivity index (χ1) is 4.88. The van der Waals surface area contributed by atoms with Crippen molar-refractivity contribution < 1.29 is 4.74 Å². The van der Waals surface area contributed by atoms with Gasteiger partial charge in [0.2, 0.25) is 0 Å². The van der Waals surface area contributed by atoms with E-state index in [1.165, 1.54) is 4.48 Å². The average Bonchev–Trinajstić information content (AvgIpc) is 2.36. The Balaban J connectivity index is 2.30. The van der Waals surface area contributed by atoms with E-state index in [4.69, 9.17) is 4.74 Å². The van der Waals surface area contributed by atoms with Crippen LogP contribution in [0.25, 0.3) is 0 Å². The molecule has 2 aliphatic rings. The predicted octanol–water partition coefficient (Wildman–Crippen LogP) is 2.36. The van der Waals surface area contributed by atoms with Crippen LogP contribution in [0.4, 0.5) is 0 Å². The third kappa shape index (κ3) is 0.833. The second-order valence-corrected chi connectivity index (χ2v) is 3.31. The summed E-state index contributed by atoms with van der Waals surface area (Å²) >= 11 is 3.47. The van der Waals surface area contributed by atoms with Gasteiger partial charge in [-0.15, -0.1) is 0 Å². The molecule has 52 valence electrons. The Kier molecular flexibility index (Phi) is 1.42. The number of hydrogen-bond acceptors (Lipinski definition) is 1. The van der Waals surface area contributed by atoms with Crippen molar-refractivity contribution >= 4 is 15.9 Å². The van der Waals surface area contributed by atoms with E-state index in [1.807, 2.05) is 6.08 Å². The number of halogens is 1. The molecule has 0 fully saturated rings. The molecule has 2 unspecified atom stereocenters. The predicted molar refractivity (Wildman–Crippen MR) is 43.7 cm³/mol. The first kappa shape index (κ1) is 6.23. The lowest BCUT2D eigenvalue weighted by atomic mass is 9.99. The van der Waals surface area contributed by atoms with E-state index >= 15 is 0 Å². The molecule has 2 atom stereocenters. The summed E-state index contributed by atoms with van der Waals surface area (Å²) in [4.78, 5) is 0. The first-order valence-electron chi connectivity index (χ1n) is 3.24. The average molecular weight is 199 g/mol. The molecule has 0 aromatic rings. The van der Waals surface area contributed by atoms with Crippen LogP contribution in [0.15, 0.2) is 35.0 Å². The highest BCUT2D eigenvalue weighted by Gasteiger charge is 2.25. The minimum Gasteiger partial charge on any atom is -0.493 e. The van der Waals surface area contributed by atoms with E-state index in [-0.39, 0.29) is 6.10 Å². The van der Waals surface area contributed by atoms with Gasteiger partial charge in [0.05, 0.1) is 12.2 Å². The molecule has 0 aromatic heterocycles. The normalized spacial score (nSPS) is 35.1. The molecule has 0 bridgehead atoms. The van der Waals surface area contributed by atoms with Crippen LogP contribution in [-0.2, 0) is 4.74 Å². The molecule has 2 heteroatoms. The van der Waals surface area contributed by atoms with Gasteiger partial charge in [-0.3, -0.25) is 0 Å². The Morgan fingerprint density at radius 1 is 1.40 bits per heavy atom. The van der Waals surface area contributed by atoms with Gasteiger partial charge < -0.3 is 4.74 Å². The Bertz CT molecular complexity index is 227. The second-order valence-electron chi connectivity index (χ2n) is 2.39. The quantitative estimate of drug-likeness (QED) is 0.581. The topological polar surface area (TPSA) is 9.23 Å². The molecule has 2 rings (SSSR count). The highest BCUT2D eigenvalue weighted by Crippen LogP contribution is 2.32. The molecule has 0 aromatic carbocycles. The van der Waals surface area contributed by atoms with E-state index in [2.05, 4.69) is 34.2 Å². The van der Waals surface area contributed by atoms with E-state index in [0.29, 0.717) is 5.92 Å². The monoisotopic (exact) mass is 198 g/mol. The molecule has 0 saturated heterocycles. The minimum atomic E-state index is 0.236. The Morgan fingerprint density at radius 3 is 3.10 bits per heavy atom. The van der Waals surface area contributed by atoms with Crippen LogP contribution >= 0.6 is 15.9 Å². The molecule has 10 heavy (non-hydrogen) atoms. The zero-order chi connectivity index (χ0) is 6.97. The maximum atomic E-state index is 5.29. The van der Waals surface area contributed by atoms with Gasteiger partial charge in [-0.05, 0) is 12.2 Å². The first-order valence-corrected chi connectivity index (χ1v) is 4.03. The van der Waals surface area contributed by atoms with Gasteiger partial charge in [-0.1, -0.05) is 28.1 Å². The summed E-state index contributed by atoms with van der Waals surface area (Å²) in [6, 6.07) is 0. The number of hydrogen-bond donors (Lipinski definition) is 0. The lowest BCUT2D eigenvalue weighted by molar-refractivity contribution is 0.191. The summed E-state index contributed by atoms with van der Waals surface area (Å²) < 4.78 is 6.49. The lowest BCUT2D eigenvalue weighted by Crippen LogP contribution is -2.15. The van der Waals surface area contributed by atoms with Gasteiger partial charge in [-0.2, -0.15) is 0 Å². The largest absolute Gasteiger partial charge is 0.493 e. The van der Waals surface area contributed by atoms with Crippen molar-refractivity contribution in [2.45, 2.75) is 6.10 Å². The second kappa shape index (κ2) is 2.27. The van der Waals surface area contributed by atoms with Gasteiger partial charge in [-0.25, -0.2) is 0 Å². The number of fused-ring (bicyclic) bond motifs is 1. The van der Waals surface area contributed by atoms with E-state index in [1.54, 1.807) is 6.26 Å². The Labute approximate surface area is 68.2 Å². The minimum absolute atomic E-state index is 0.236. The molecule has 1 aliphatic carbocycles. The summed E-state index contributed by atoms with van der Waals surface area (Å²) in [7, 11) is 0. The standard InChI is InChI=1S/C8H7BrO/c9-7-2-1-3-8-6(7)4-5-10-8/h1-6,8H. The highest BCUT2D eigenvalue weighted by molar-refractivity contribution is 9.11. The number of ether oxygens (including phenoxy) is 1. The summed E-state index contributed by atoms with van der Waals surface area (Å²) in [6.45, 7) is 0. The Morgan fingerprint density at radius 2 is 2.30 bits per heavy atom. The van der Waals surface area contributed by atoms with Gasteiger partial charge >= 0.3 is 0 Å². The maximum Gasteiger partial charge on any atom is 0.127 e. The van der Waals surface area contributed by atoms with Crippen molar-refractivity contribution in [1.82, 2.24) is 0 Å². The zero-order valence-corrected chi connectivity index (χ0v) is 6.91. The molecule has 1 nitrogen and oxygen atoms in total. The third-order valence-electron chi connectivity index (χ3n) is 1.75. The van der Waals surface area contributed by atoms with Crippen LogP contribution in [0.2, 0.25) is 0 Å². The number of rotatable bonds is 0. The fraction of sp³-hybridized carbons (Fsp3) is 0.250. The fourth-order valence-electron chi connectivity index (χ4n) is 1.20. The van der Waals surface area contributed by atoms with Crippen LogP contribution in [0.5, 0.6) is 0 Å². The van der Waals surface area contributed by atoms with Gasteiger partial charge in [0.15, 0.2) is 0 Å². The highest BCUT2D eigenvalue weighted by atomic mass is 79.9. The van der Waals surface area contributed by atoms with Gasteiger partial charge in [0.25, 0.3) is 0 Å². The molecule has 0 spiro atoms. The van der Waals surface area contributed by atoms with Crippen molar-refractivity contribution in [3.05, 3.63) is 35.0 Å². The van der Waals surface area contributed by atoms with Crippen molar-refractivity contribution in [3.8, 4) is 0 Å². The van der Waals surface area contributed by atoms with Crippen LogP contribution in [0.1, 0.15) is 0 Å². The molecule has 1 heterocycles. The van der Waals surface area contributed by atoms with Gasteiger partial charge in [0.1, 0.15) is 6.10 Å². The Hall–Kier alpha value is -0.500. The molecular weight excluding hydrogens is 192 g/mol. The summed E-state index contributed by atoms with van der Waals surface area (Å²) in [6.07, 6.45) is 10.2. The summed E-state index contributed by atoms with van der Waals surface area (Å²) in [5.74, 6) is 0.421. The van der Waals surface area contributed by atoms with Crippen LogP contribution < -0.4 is 0 Å². The van der Waals surface area contributed by atoms with Crippen LogP contribution in [0.3, 0.4) is 0 Å². The van der Waals surface area contributed by atoms with Crippen molar-refractivity contribution in [1.29, 1.82) is 0 Å². The SMILES string of the molecule is BrC1=CC=CC2OC=CC12. The van der Waals surface area contributed by atoms with Crippen LogP contribution in [0, 0.1) is 5.92 Å². The van der Waals surface area contributed by atoms with E-state index in [0.717, 1.165) is 0 Å². The smallest absolute Gasteiger partial charge is 0.127 e. The summed E-state index contributed by atoms with van der Waals surface area (Å²) in [5.41, 5.74) is 0. The van der Waals surface area contributed by atoms with E-state index < -0.39 is 0 Å². The maximum absolute atomic E-state index is 5.29. The molecular formula is C8H7BrO. The van der Waals surface area contributed by atoms with Crippen molar-refractivity contribution in [2.75, 3.05) is 0 Å². The van der Waals surface area contributed by atoms with Crippen molar-refractivity contribution in [2.24, 2.45) is 5.92 Å². The lowest BCUT2D eigenvalue weighted by Gasteiger charge is -2.17. The number of allylic oxidation sites excluding steroid dienone is 2. The van der Waals surface area contributed by atoms with Gasteiger partial charge in [0, 0.05) is 4.48 Å². The van der Waals surface area contributed by atoms with Crippen LogP contribution in [-0.4, -0.2) is 6.10 Å². The molecule has 0 saturated carbocycles. The molecule has 1 aliphatic heterocycles.